The van der Waals surface area contributed by atoms with Crippen molar-refractivity contribution in [2.45, 2.75) is 54.7 Å². The molecule has 2 aliphatic carbocycles. The van der Waals surface area contributed by atoms with E-state index in [1.807, 2.05) is 23.9 Å². The Morgan fingerprint density at radius 3 is 3.00 bits per heavy atom. The van der Waals surface area contributed by atoms with E-state index in [2.05, 4.69) is 5.32 Å². The summed E-state index contributed by atoms with van der Waals surface area (Å²) in [5, 5.41) is 3.97. The van der Waals surface area contributed by atoms with Gasteiger partial charge in [-0.05, 0) is 44.2 Å². The summed E-state index contributed by atoms with van der Waals surface area (Å²) in [6, 6.07) is 4.42. The molecule has 1 heterocycles. The molecule has 1 aromatic heterocycles. The van der Waals surface area contributed by atoms with Crippen LogP contribution >= 0.6 is 11.8 Å². The lowest BCUT2D eigenvalue weighted by Crippen LogP contribution is -2.54. The summed E-state index contributed by atoms with van der Waals surface area (Å²) in [5.74, 6) is 1.69. The second kappa shape index (κ2) is 5.21. The highest BCUT2D eigenvalue weighted by molar-refractivity contribution is 7.99. The van der Waals surface area contributed by atoms with Crippen LogP contribution in [0.1, 0.15) is 37.9 Å². The van der Waals surface area contributed by atoms with Gasteiger partial charge in [-0.3, -0.25) is 4.79 Å². The molecule has 1 aromatic rings. The predicted octanol–water partition coefficient (Wildman–Crippen LogP) is 2.04. The van der Waals surface area contributed by atoms with Crippen molar-refractivity contribution in [1.29, 1.82) is 0 Å². The Morgan fingerprint density at radius 2 is 2.37 bits per heavy atom. The largest absolute Gasteiger partial charge is 0.468 e. The quantitative estimate of drug-likeness (QED) is 0.836. The highest BCUT2D eigenvalue weighted by Crippen LogP contribution is 2.40. The molecule has 3 rings (SSSR count). The van der Waals surface area contributed by atoms with E-state index in [4.69, 9.17) is 10.2 Å². The van der Waals surface area contributed by atoms with Crippen molar-refractivity contribution in [1.82, 2.24) is 5.32 Å². The number of carbonyl (C=O) groups is 1. The molecule has 1 amide bonds. The Bertz CT molecular complexity index is 444. The zero-order valence-corrected chi connectivity index (χ0v) is 11.7. The van der Waals surface area contributed by atoms with Crippen LogP contribution in [0.4, 0.5) is 0 Å². The zero-order chi connectivity index (χ0) is 13.3. The van der Waals surface area contributed by atoms with Gasteiger partial charge >= 0.3 is 0 Å². The minimum Gasteiger partial charge on any atom is -0.468 e. The van der Waals surface area contributed by atoms with E-state index < -0.39 is 5.54 Å². The molecule has 0 saturated heterocycles. The van der Waals surface area contributed by atoms with Crippen LogP contribution in [0.15, 0.2) is 22.8 Å². The molecule has 2 saturated carbocycles. The third-order valence-electron chi connectivity index (χ3n) is 4.04. The summed E-state index contributed by atoms with van der Waals surface area (Å²) in [6.07, 6.45) is 6.83. The Hall–Kier alpha value is -0.940. The molecule has 0 spiro atoms. The monoisotopic (exact) mass is 280 g/mol. The third kappa shape index (κ3) is 2.98. The summed E-state index contributed by atoms with van der Waals surface area (Å²) in [7, 11) is 0. The number of hydrogen-bond acceptors (Lipinski definition) is 4. The fourth-order valence-corrected chi connectivity index (χ4v) is 4.03. The summed E-state index contributed by atoms with van der Waals surface area (Å²) < 4.78 is 5.34. The number of thioether (sulfide) groups is 1. The predicted molar refractivity (Wildman–Crippen MR) is 75.7 cm³/mol. The molecule has 2 aliphatic rings. The lowest BCUT2D eigenvalue weighted by Gasteiger charge is -2.27. The number of carbonyl (C=O) groups excluding carboxylic acids is 1. The first-order chi connectivity index (χ1) is 9.18. The van der Waals surface area contributed by atoms with Gasteiger partial charge in [0.25, 0.3) is 0 Å². The van der Waals surface area contributed by atoms with Crippen molar-refractivity contribution in [3.05, 3.63) is 24.2 Å². The SMILES string of the molecule is NC(=O)C1(NC2CC2)CCC(SCc2ccco2)C1. The molecule has 3 N–H and O–H groups in total. The van der Waals surface area contributed by atoms with Crippen molar-refractivity contribution < 1.29 is 9.21 Å². The van der Waals surface area contributed by atoms with Crippen molar-refractivity contribution in [2.75, 3.05) is 0 Å². The molecule has 5 heteroatoms. The Balaban J connectivity index is 1.56. The maximum atomic E-state index is 11.8. The van der Waals surface area contributed by atoms with Gasteiger partial charge in [-0.2, -0.15) is 11.8 Å². The lowest BCUT2D eigenvalue weighted by atomic mass is 9.96. The van der Waals surface area contributed by atoms with Crippen LogP contribution in [0, 0.1) is 0 Å². The first kappa shape index (κ1) is 13.1. The Labute approximate surface area is 117 Å². The second-order valence-electron chi connectivity index (χ2n) is 5.62. The zero-order valence-electron chi connectivity index (χ0n) is 10.9. The van der Waals surface area contributed by atoms with E-state index in [0.29, 0.717) is 11.3 Å². The van der Waals surface area contributed by atoms with Crippen molar-refractivity contribution >= 4 is 17.7 Å². The summed E-state index contributed by atoms with van der Waals surface area (Å²) in [6.45, 7) is 0. The topological polar surface area (TPSA) is 68.3 Å². The summed E-state index contributed by atoms with van der Waals surface area (Å²) in [5.41, 5.74) is 5.18. The minimum atomic E-state index is -0.456. The van der Waals surface area contributed by atoms with Crippen LogP contribution in [-0.2, 0) is 10.5 Å². The van der Waals surface area contributed by atoms with Gasteiger partial charge in [0.2, 0.25) is 5.91 Å². The van der Waals surface area contributed by atoms with Gasteiger partial charge in [-0.15, -0.1) is 0 Å². The molecular weight excluding hydrogens is 260 g/mol. The molecule has 4 nitrogen and oxygen atoms in total. The smallest absolute Gasteiger partial charge is 0.237 e. The molecule has 104 valence electrons. The summed E-state index contributed by atoms with van der Waals surface area (Å²) >= 11 is 1.87. The highest BCUT2D eigenvalue weighted by Gasteiger charge is 2.46. The molecule has 0 aromatic carbocycles. The molecule has 0 aliphatic heterocycles. The molecule has 0 bridgehead atoms. The maximum absolute atomic E-state index is 11.8. The van der Waals surface area contributed by atoms with Crippen molar-refractivity contribution in [2.24, 2.45) is 5.73 Å². The minimum absolute atomic E-state index is 0.180. The van der Waals surface area contributed by atoms with Crippen LogP contribution in [0.5, 0.6) is 0 Å². The molecule has 19 heavy (non-hydrogen) atoms. The number of nitrogens with one attached hydrogen (secondary N) is 1. The van der Waals surface area contributed by atoms with Gasteiger partial charge in [-0.25, -0.2) is 0 Å². The number of rotatable bonds is 6. The van der Waals surface area contributed by atoms with Crippen LogP contribution in [-0.4, -0.2) is 22.7 Å². The van der Waals surface area contributed by atoms with Gasteiger partial charge in [0, 0.05) is 11.3 Å². The average Bonchev–Trinajstić information content (AvgIpc) is 2.91. The molecular formula is C14H20N2O2S. The third-order valence-corrected chi connectivity index (χ3v) is 5.37. The van der Waals surface area contributed by atoms with E-state index in [9.17, 15) is 4.79 Å². The number of hydrogen-bond donors (Lipinski definition) is 2. The lowest BCUT2D eigenvalue weighted by molar-refractivity contribution is -0.124. The standard InChI is InChI=1S/C14H20N2O2S/c15-13(17)14(16-10-3-4-10)6-5-12(8-14)19-9-11-2-1-7-18-11/h1-2,7,10,12,16H,3-6,8-9H2,(H2,15,17). The van der Waals surface area contributed by atoms with Gasteiger partial charge in [0.15, 0.2) is 0 Å². The number of primary amides is 1. The van der Waals surface area contributed by atoms with Gasteiger partial charge in [0.05, 0.1) is 17.6 Å². The van der Waals surface area contributed by atoms with Gasteiger partial charge in [-0.1, -0.05) is 0 Å². The average molecular weight is 280 g/mol. The van der Waals surface area contributed by atoms with E-state index in [-0.39, 0.29) is 5.91 Å². The van der Waals surface area contributed by atoms with Gasteiger partial charge in [0.1, 0.15) is 5.76 Å². The molecule has 2 atom stereocenters. The van der Waals surface area contributed by atoms with E-state index in [0.717, 1.165) is 30.8 Å². The van der Waals surface area contributed by atoms with Crippen molar-refractivity contribution in [3.8, 4) is 0 Å². The number of furan rings is 1. The van der Waals surface area contributed by atoms with Crippen LogP contribution in [0.3, 0.4) is 0 Å². The molecule has 0 radical (unpaired) electrons. The van der Waals surface area contributed by atoms with E-state index >= 15 is 0 Å². The normalized spacial score (nSPS) is 30.6. The summed E-state index contributed by atoms with van der Waals surface area (Å²) in [4.78, 5) is 11.8. The molecule has 2 unspecified atom stereocenters. The number of nitrogens with two attached hydrogens (primary N) is 1. The fourth-order valence-electron chi connectivity index (χ4n) is 2.78. The van der Waals surface area contributed by atoms with E-state index in [1.165, 1.54) is 12.8 Å². The Morgan fingerprint density at radius 1 is 1.53 bits per heavy atom. The van der Waals surface area contributed by atoms with Gasteiger partial charge < -0.3 is 15.5 Å². The molecule has 2 fully saturated rings. The first-order valence-corrected chi connectivity index (χ1v) is 7.94. The maximum Gasteiger partial charge on any atom is 0.237 e. The highest BCUT2D eigenvalue weighted by atomic mass is 32.2. The van der Waals surface area contributed by atoms with Crippen LogP contribution < -0.4 is 11.1 Å². The van der Waals surface area contributed by atoms with Crippen LogP contribution in [0.25, 0.3) is 0 Å². The first-order valence-electron chi connectivity index (χ1n) is 6.89. The van der Waals surface area contributed by atoms with Crippen LogP contribution in [0.2, 0.25) is 0 Å². The van der Waals surface area contributed by atoms with E-state index in [1.54, 1.807) is 6.26 Å². The fraction of sp³-hybridized carbons (Fsp3) is 0.643. The Kier molecular flexibility index (Phi) is 3.58. The van der Waals surface area contributed by atoms with Crippen molar-refractivity contribution in [3.63, 3.8) is 0 Å². The number of amides is 1. The second-order valence-corrected chi connectivity index (χ2v) is 6.91.